The molecule has 3 aromatic rings. The molecule has 8 heteroatoms. The van der Waals surface area contributed by atoms with Crippen molar-refractivity contribution in [2.75, 3.05) is 5.32 Å². The lowest BCUT2D eigenvalue weighted by Gasteiger charge is -2.10. The Morgan fingerprint density at radius 1 is 1.11 bits per heavy atom. The molecule has 0 bridgehead atoms. The van der Waals surface area contributed by atoms with Crippen molar-refractivity contribution in [1.29, 1.82) is 0 Å². The van der Waals surface area contributed by atoms with Gasteiger partial charge in [-0.2, -0.15) is 5.10 Å². The van der Waals surface area contributed by atoms with Gasteiger partial charge < -0.3 is 14.9 Å². The Morgan fingerprint density at radius 2 is 1.93 bits per heavy atom. The standard InChI is InChI=1S/C19H18N4O4/c24-18(17-12-6-2-1-3-9-16(12)27-22-17)20-13-7-4-5-8-15(13)23-11-10-14(21-23)19(25)26/h4-5,7-8,10-11H,1-3,6,9H2,(H,20,24)(H,25,26). The van der Waals surface area contributed by atoms with Gasteiger partial charge in [0.25, 0.3) is 5.91 Å². The first-order valence-corrected chi connectivity index (χ1v) is 8.80. The van der Waals surface area contributed by atoms with E-state index >= 15 is 0 Å². The van der Waals surface area contributed by atoms with Gasteiger partial charge in [-0.15, -0.1) is 0 Å². The summed E-state index contributed by atoms with van der Waals surface area (Å²) in [6, 6.07) is 8.45. The van der Waals surface area contributed by atoms with Gasteiger partial charge in [0.2, 0.25) is 0 Å². The smallest absolute Gasteiger partial charge is 0.356 e. The lowest BCUT2D eigenvalue weighted by molar-refractivity contribution is 0.0689. The van der Waals surface area contributed by atoms with E-state index in [9.17, 15) is 9.59 Å². The third-order valence-corrected chi connectivity index (χ3v) is 4.62. The van der Waals surface area contributed by atoms with E-state index in [0.717, 1.165) is 43.4 Å². The molecule has 0 unspecified atom stereocenters. The lowest BCUT2D eigenvalue weighted by Crippen LogP contribution is -2.16. The number of nitrogens with zero attached hydrogens (tertiary/aromatic N) is 3. The highest BCUT2D eigenvalue weighted by molar-refractivity contribution is 6.05. The molecule has 0 spiro atoms. The third kappa shape index (κ3) is 3.33. The first-order valence-electron chi connectivity index (χ1n) is 8.80. The summed E-state index contributed by atoms with van der Waals surface area (Å²) in [6.45, 7) is 0. The molecule has 8 nitrogen and oxygen atoms in total. The fraction of sp³-hybridized carbons (Fsp3) is 0.263. The van der Waals surface area contributed by atoms with Gasteiger partial charge in [0.15, 0.2) is 11.4 Å². The maximum atomic E-state index is 12.8. The number of amides is 1. The maximum absolute atomic E-state index is 12.8. The average molecular weight is 366 g/mol. The SMILES string of the molecule is O=C(O)c1ccn(-c2ccccc2NC(=O)c2noc3c2CCCCC3)n1. The summed E-state index contributed by atoms with van der Waals surface area (Å²) in [6.07, 6.45) is 6.28. The highest BCUT2D eigenvalue weighted by Gasteiger charge is 2.24. The number of hydrogen-bond donors (Lipinski definition) is 2. The molecule has 2 aromatic heterocycles. The minimum Gasteiger partial charge on any atom is -0.476 e. The molecule has 138 valence electrons. The van der Waals surface area contributed by atoms with Crippen molar-refractivity contribution in [1.82, 2.24) is 14.9 Å². The number of fused-ring (bicyclic) bond motifs is 1. The minimum atomic E-state index is -1.11. The number of nitrogens with one attached hydrogen (secondary N) is 1. The van der Waals surface area contributed by atoms with Gasteiger partial charge in [-0.05, 0) is 37.5 Å². The van der Waals surface area contributed by atoms with E-state index in [1.807, 2.05) is 0 Å². The molecule has 27 heavy (non-hydrogen) atoms. The van der Waals surface area contributed by atoms with Crippen LogP contribution in [-0.2, 0) is 12.8 Å². The minimum absolute atomic E-state index is 0.0713. The van der Waals surface area contributed by atoms with E-state index in [1.165, 1.54) is 16.9 Å². The van der Waals surface area contributed by atoms with Crippen molar-refractivity contribution in [2.24, 2.45) is 0 Å². The summed E-state index contributed by atoms with van der Waals surface area (Å²) in [7, 11) is 0. The van der Waals surface area contributed by atoms with E-state index < -0.39 is 5.97 Å². The van der Waals surface area contributed by atoms with Crippen LogP contribution in [-0.4, -0.2) is 31.9 Å². The van der Waals surface area contributed by atoms with E-state index in [-0.39, 0.29) is 11.6 Å². The molecule has 1 aliphatic rings. The summed E-state index contributed by atoms with van der Waals surface area (Å²) >= 11 is 0. The van der Waals surface area contributed by atoms with Crippen LogP contribution in [0.25, 0.3) is 5.69 Å². The molecule has 0 atom stereocenters. The van der Waals surface area contributed by atoms with Crippen LogP contribution in [0, 0.1) is 0 Å². The summed E-state index contributed by atoms with van der Waals surface area (Å²) in [4.78, 5) is 23.9. The Bertz CT molecular complexity index is 1000. The zero-order valence-corrected chi connectivity index (χ0v) is 14.5. The zero-order chi connectivity index (χ0) is 18.8. The fourth-order valence-electron chi connectivity index (χ4n) is 3.27. The highest BCUT2D eigenvalue weighted by atomic mass is 16.5. The number of carbonyl (C=O) groups excluding carboxylic acids is 1. The van der Waals surface area contributed by atoms with Crippen LogP contribution < -0.4 is 5.32 Å². The van der Waals surface area contributed by atoms with Crippen LogP contribution in [0.5, 0.6) is 0 Å². The van der Waals surface area contributed by atoms with Crippen molar-refractivity contribution in [3.05, 3.63) is 59.2 Å². The number of carbonyl (C=O) groups is 2. The van der Waals surface area contributed by atoms with Gasteiger partial charge in [0.1, 0.15) is 5.76 Å². The molecule has 0 radical (unpaired) electrons. The Labute approximate surface area is 154 Å². The molecule has 0 fully saturated rings. The molecule has 2 N–H and O–H groups in total. The summed E-state index contributed by atoms with van der Waals surface area (Å²) < 4.78 is 6.80. The number of hydrogen-bond acceptors (Lipinski definition) is 5. The average Bonchev–Trinajstić information content (AvgIpc) is 3.24. The van der Waals surface area contributed by atoms with E-state index in [4.69, 9.17) is 9.63 Å². The van der Waals surface area contributed by atoms with Gasteiger partial charge in [-0.3, -0.25) is 4.79 Å². The van der Waals surface area contributed by atoms with Crippen LogP contribution in [0.1, 0.15) is 51.6 Å². The number of benzene rings is 1. The van der Waals surface area contributed by atoms with Crippen molar-refractivity contribution in [3.63, 3.8) is 0 Å². The predicted octanol–water partition coefficient (Wildman–Crippen LogP) is 3.08. The van der Waals surface area contributed by atoms with E-state index in [0.29, 0.717) is 17.1 Å². The summed E-state index contributed by atoms with van der Waals surface area (Å²) in [5.74, 6) is -0.662. The van der Waals surface area contributed by atoms with Crippen LogP contribution in [0.15, 0.2) is 41.1 Å². The lowest BCUT2D eigenvalue weighted by atomic mass is 10.1. The van der Waals surface area contributed by atoms with Gasteiger partial charge in [0, 0.05) is 18.2 Å². The predicted molar refractivity (Wildman–Crippen MR) is 96.2 cm³/mol. The molecule has 1 aliphatic carbocycles. The van der Waals surface area contributed by atoms with Crippen LogP contribution in [0.4, 0.5) is 5.69 Å². The van der Waals surface area contributed by atoms with Crippen molar-refractivity contribution >= 4 is 17.6 Å². The Hall–Kier alpha value is -3.42. The molecule has 0 saturated heterocycles. The number of aromatic nitrogens is 3. The fourth-order valence-corrected chi connectivity index (χ4v) is 3.27. The first kappa shape index (κ1) is 17.0. The number of aryl methyl sites for hydroxylation is 1. The van der Waals surface area contributed by atoms with Gasteiger partial charge in [-0.1, -0.05) is 23.7 Å². The monoisotopic (exact) mass is 366 g/mol. The van der Waals surface area contributed by atoms with Crippen molar-refractivity contribution in [3.8, 4) is 5.69 Å². The van der Waals surface area contributed by atoms with Gasteiger partial charge in [-0.25, -0.2) is 9.48 Å². The Morgan fingerprint density at radius 3 is 2.74 bits per heavy atom. The molecule has 2 heterocycles. The molecule has 4 rings (SSSR count). The Kier molecular flexibility index (Phi) is 4.45. The molecule has 1 amide bonds. The van der Waals surface area contributed by atoms with Crippen LogP contribution in [0.3, 0.4) is 0 Å². The highest BCUT2D eigenvalue weighted by Crippen LogP contribution is 2.25. The molecule has 1 aromatic carbocycles. The maximum Gasteiger partial charge on any atom is 0.356 e. The third-order valence-electron chi connectivity index (χ3n) is 4.62. The quantitative estimate of drug-likeness (QED) is 0.687. The first-order chi connectivity index (χ1) is 13.1. The summed E-state index contributed by atoms with van der Waals surface area (Å²) in [5.41, 5.74) is 2.20. The second kappa shape index (κ2) is 7.06. The molecular formula is C19H18N4O4. The van der Waals surface area contributed by atoms with Crippen molar-refractivity contribution < 1.29 is 19.2 Å². The Balaban J connectivity index is 1.63. The number of para-hydroxylation sites is 2. The molecule has 0 aliphatic heterocycles. The number of anilines is 1. The van der Waals surface area contributed by atoms with E-state index in [1.54, 1.807) is 24.3 Å². The summed E-state index contributed by atoms with van der Waals surface area (Å²) in [5, 5.41) is 19.9. The van der Waals surface area contributed by atoms with Gasteiger partial charge >= 0.3 is 5.97 Å². The number of carboxylic acids is 1. The number of rotatable bonds is 4. The van der Waals surface area contributed by atoms with E-state index in [2.05, 4.69) is 15.6 Å². The largest absolute Gasteiger partial charge is 0.476 e. The normalized spacial score (nSPS) is 13.6. The van der Waals surface area contributed by atoms with Crippen LogP contribution in [0.2, 0.25) is 0 Å². The number of carboxylic acid groups (broad SMARTS) is 1. The van der Waals surface area contributed by atoms with Crippen LogP contribution >= 0.6 is 0 Å². The zero-order valence-electron chi connectivity index (χ0n) is 14.5. The van der Waals surface area contributed by atoms with Crippen molar-refractivity contribution in [2.45, 2.75) is 32.1 Å². The number of aromatic carboxylic acids is 1. The second-order valence-electron chi connectivity index (χ2n) is 6.42. The van der Waals surface area contributed by atoms with Gasteiger partial charge in [0.05, 0.1) is 11.4 Å². The second-order valence-corrected chi connectivity index (χ2v) is 6.42. The topological polar surface area (TPSA) is 110 Å². The molecule has 0 saturated carbocycles. The molecular weight excluding hydrogens is 348 g/mol.